The van der Waals surface area contributed by atoms with Crippen LogP contribution in [0, 0.1) is 17.0 Å². The third-order valence-corrected chi connectivity index (χ3v) is 6.67. The van der Waals surface area contributed by atoms with Crippen molar-refractivity contribution in [1.29, 1.82) is 0 Å². The highest BCUT2D eigenvalue weighted by Gasteiger charge is 2.21. The third kappa shape index (κ3) is 5.15. The topological polar surface area (TPSA) is 105 Å². The minimum atomic E-state index is -3.82. The number of hydrogen-bond donors (Lipinski definition) is 1. The van der Waals surface area contributed by atoms with Crippen molar-refractivity contribution in [1.82, 2.24) is 4.83 Å². The number of anilines is 1. The monoisotopic (exact) mass is 430 g/mol. The lowest BCUT2D eigenvalue weighted by Gasteiger charge is -2.33. The maximum absolute atomic E-state index is 12.4. The van der Waals surface area contributed by atoms with Crippen molar-refractivity contribution in [2.75, 3.05) is 11.9 Å². The summed E-state index contributed by atoms with van der Waals surface area (Å²) in [6.45, 7) is 1.87. The molecule has 8 nitrogen and oxygen atoms in total. The van der Waals surface area contributed by atoms with Crippen LogP contribution in [-0.4, -0.2) is 32.6 Å². The number of hydrazone groups is 1. The zero-order valence-corrected chi connectivity index (χ0v) is 17.9. The molecule has 9 heteroatoms. The number of sulfonamides is 1. The summed E-state index contributed by atoms with van der Waals surface area (Å²) in [6, 6.07) is 11.3. The van der Waals surface area contributed by atoms with Gasteiger partial charge in [0.2, 0.25) is 0 Å². The lowest BCUT2D eigenvalue weighted by molar-refractivity contribution is -0.384. The minimum absolute atomic E-state index is 0.0707. The quantitative estimate of drug-likeness (QED) is 0.406. The van der Waals surface area contributed by atoms with Crippen molar-refractivity contribution in [3.63, 3.8) is 0 Å². The Labute approximate surface area is 176 Å². The van der Waals surface area contributed by atoms with Crippen molar-refractivity contribution in [3.8, 4) is 0 Å². The zero-order valence-electron chi connectivity index (χ0n) is 17.1. The summed E-state index contributed by atoms with van der Waals surface area (Å²) in [5.74, 6) is 0. The lowest BCUT2D eigenvalue weighted by atomic mass is 9.94. The number of nitrogens with zero attached hydrogens (tertiary/aromatic N) is 3. The molecule has 0 unspecified atom stereocenters. The Morgan fingerprint density at radius 3 is 2.43 bits per heavy atom. The van der Waals surface area contributed by atoms with Crippen molar-refractivity contribution < 1.29 is 13.3 Å². The fraction of sp³-hybridized carbons (Fsp3) is 0.381. The summed E-state index contributed by atoms with van der Waals surface area (Å²) in [5.41, 5.74) is 2.15. The van der Waals surface area contributed by atoms with Gasteiger partial charge in [-0.25, -0.2) is 4.83 Å². The van der Waals surface area contributed by atoms with E-state index in [9.17, 15) is 18.5 Å². The van der Waals surface area contributed by atoms with Crippen LogP contribution in [-0.2, 0) is 10.0 Å². The molecule has 0 radical (unpaired) electrons. The molecule has 1 aliphatic rings. The van der Waals surface area contributed by atoms with E-state index >= 15 is 0 Å². The van der Waals surface area contributed by atoms with E-state index in [2.05, 4.69) is 14.8 Å². The lowest BCUT2D eigenvalue weighted by Crippen LogP contribution is -2.34. The van der Waals surface area contributed by atoms with Gasteiger partial charge in [0.05, 0.1) is 16.0 Å². The van der Waals surface area contributed by atoms with E-state index in [1.807, 2.05) is 14.0 Å². The number of benzene rings is 2. The number of rotatable bonds is 7. The van der Waals surface area contributed by atoms with Gasteiger partial charge < -0.3 is 4.90 Å². The zero-order chi connectivity index (χ0) is 21.7. The van der Waals surface area contributed by atoms with Gasteiger partial charge in [0.15, 0.2) is 0 Å². The first-order valence-corrected chi connectivity index (χ1v) is 11.4. The third-order valence-electron chi connectivity index (χ3n) is 5.43. The summed E-state index contributed by atoms with van der Waals surface area (Å²) in [7, 11) is -1.86. The molecule has 2 aromatic rings. The summed E-state index contributed by atoms with van der Waals surface area (Å²) < 4.78 is 24.9. The molecule has 0 aliphatic heterocycles. The van der Waals surface area contributed by atoms with Gasteiger partial charge in [-0.3, -0.25) is 10.1 Å². The normalized spacial score (nSPS) is 15.3. The minimum Gasteiger partial charge on any atom is -0.371 e. The average molecular weight is 431 g/mol. The highest BCUT2D eigenvalue weighted by atomic mass is 32.2. The smallest absolute Gasteiger partial charge is 0.276 e. The van der Waals surface area contributed by atoms with Crippen molar-refractivity contribution >= 4 is 27.6 Å². The summed E-state index contributed by atoms with van der Waals surface area (Å²) in [4.78, 5) is 15.1. The summed E-state index contributed by atoms with van der Waals surface area (Å²) in [6.07, 6.45) is 6.98. The molecule has 3 rings (SSSR count). The molecule has 1 fully saturated rings. The van der Waals surface area contributed by atoms with E-state index < -0.39 is 14.9 Å². The van der Waals surface area contributed by atoms with Crippen LogP contribution < -0.4 is 9.73 Å². The van der Waals surface area contributed by atoms with Gasteiger partial charge >= 0.3 is 0 Å². The van der Waals surface area contributed by atoms with Crippen LogP contribution in [0.25, 0.3) is 0 Å². The van der Waals surface area contributed by atoms with E-state index in [0.717, 1.165) is 36.9 Å². The van der Waals surface area contributed by atoms with E-state index in [0.29, 0.717) is 11.6 Å². The van der Waals surface area contributed by atoms with Crippen molar-refractivity contribution in [3.05, 3.63) is 63.7 Å². The Balaban J connectivity index is 1.86. The van der Waals surface area contributed by atoms with Crippen LogP contribution in [0.4, 0.5) is 11.4 Å². The number of aryl methyl sites for hydroxylation is 1. The van der Waals surface area contributed by atoms with E-state index in [1.165, 1.54) is 36.9 Å². The first kappa shape index (κ1) is 21.8. The molecule has 0 bridgehead atoms. The highest BCUT2D eigenvalue weighted by Crippen LogP contribution is 2.30. The fourth-order valence-corrected chi connectivity index (χ4v) is 4.47. The molecule has 1 saturated carbocycles. The first-order valence-electron chi connectivity index (χ1n) is 9.91. The predicted octanol–water partition coefficient (Wildman–Crippen LogP) is 3.98. The number of nitrogens with one attached hydrogen (secondary N) is 1. The van der Waals surface area contributed by atoms with Gasteiger partial charge in [-0.15, -0.1) is 0 Å². The van der Waals surface area contributed by atoms with Crippen LogP contribution in [0.2, 0.25) is 0 Å². The highest BCUT2D eigenvalue weighted by molar-refractivity contribution is 7.89. The van der Waals surface area contributed by atoms with Crippen LogP contribution >= 0.6 is 0 Å². The van der Waals surface area contributed by atoms with E-state index in [1.54, 1.807) is 18.2 Å². The van der Waals surface area contributed by atoms with E-state index in [-0.39, 0.29) is 10.6 Å². The second kappa shape index (κ2) is 9.25. The number of nitro benzene ring substituents is 1. The molecular weight excluding hydrogens is 404 g/mol. The number of hydrogen-bond acceptors (Lipinski definition) is 6. The van der Waals surface area contributed by atoms with Crippen molar-refractivity contribution in [2.45, 2.75) is 50.0 Å². The molecule has 160 valence electrons. The predicted molar refractivity (Wildman–Crippen MR) is 117 cm³/mol. The second-order valence-electron chi connectivity index (χ2n) is 7.57. The molecule has 2 aromatic carbocycles. The van der Waals surface area contributed by atoms with Gasteiger partial charge in [0, 0.05) is 36.5 Å². The van der Waals surface area contributed by atoms with E-state index in [4.69, 9.17) is 0 Å². The Hall–Kier alpha value is -2.94. The largest absolute Gasteiger partial charge is 0.371 e. The van der Waals surface area contributed by atoms with Gasteiger partial charge in [-0.05, 0) is 38.0 Å². The molecule has 30 heavy (non-hydrogen) atoms. The molecular formula is C21H26N4O4S. The van der Waals surface area contributed by atoms with Gasteiger partial charge in [0.25, 0.3) is 15.7 Å². The second-order valence-corrected chi connectivity index (χ2v) is 9.23. The van der Waals surface area contributed by atoms with Crippen molar-refractivity contribution in [2.24, 2.45) is 5.10 Å². The van der Waals surface area contributed by atoms with Crippen LogP contribution in [0.15, 0.2) is 52.5 Å². The Morgan fingerprint density at radius 2 is 1.80 bits per heavy atom. The average Bonchev–Trinajstić information content (AvgIpc) is 2.74. The number of non-ortho nitro benzene ring substituents is 1. The van der Waals surface area contributed by atoms with Gasteiger partial charge in [-0.1, -0.05) is 37.0 Å². The molecule has 0 aromatic heterocycles. The molecule has 0 saturated heterocycles. The number of nitro groups is 1. The van der Waals surface area contributed by atoms with Crippen LogP contribution in [0.5, 0.6) is 0 Å². The van der Waals surface area contributed by atoms with Crippen LogP contribution in [0.1, 0.15) is 43.2 Å². The standard InChI is InChI=1S/C21H26N4O4S/c1-16-8-11-20(12-9-16)30(28,29)23-22-15-17-14-19(25(26)27)10-13-21(17)24(2)18-6-4-3-5-7-18/h8-15,18,23H,3-7H2,1-2H3/b22-15-. The molecule has 0 heterocycles. The fourth-order valence-electron chi connectivity index (χ4n) is 3.68. The summed E-state index contributed by atoms with van der Waals surface area (Å²) in [5, 5.41) is 15.1. The molecule has 1 N–H and O–H groups in total. The summed E-state index contributed by atoms with van der Waals surface area (Å²) >= 11 is 0. The Kier molecular flexibility index (Phi) is 6.71. The molecule has 0 atom stereocenters. The Morgan fingerprint density at radius 1 is 1.13 bits per heavy atom. The molecule has 0 amide bonds. The Bertz CT molecular complexity index is 1030. The van der Waals surface area contributed by atoms with Gasteiger partial charge in [-0.2, -0.15) is 13.5 Å². The van der Waals surface area contributed by atoms with Crippen LogP contribution in [0.3, 0.4) is 0 Å². The molecule has 1 aliphatic carbocycles. The maximum Gasteiger partial charge on any atom is 0.276 e. The van der Waals surface area contributed by atoms with Gasteiger partial charge in [0.1, 0.15) is 0 Å². The SMILES string of the molecule is Cc1ccc(S(=O)(=O)N/N=C\c2cc([N+](=O)[O-])ccc2N(C)C2CCCCC2)cc1. The maximum atomic E-state index is 12.4. The molecule has 0 spiro atoms. The first-order chi connectivity index (χ1) is 14.3.